The average Bonchev–Trinajstić information content (AvgIpc) is 3.86. The number of fused-ring (bicyclic) bond motifs is 2. The number of quaternary nitrogens is 1. The Morgan fingerprint density at radius 2 is 1.61 bits per heavy atom. The predicted molar refractivity (Wildman–Crippen MR) is 288 cm³/mol. The van der Waals surface area contributed by atoms with Gasteiger partial charge in [-0.05, 0) is 85.2 Å². The van der Waals surface area contributed by atoms with E-state index in [-0.39, 0.29) is 69.5 Å². The number of carbonyl (C=O) groups excluding carboxylic acids is 5. The van der Waals surface area contributed by atoms with Crippen molar-refractivity contribution in [1.82, 2.24) is 25.4 Å². The highest BCUT2D eigenvalue weighted by Crippen LogP contribution is 2.40. The molecule has 3 amide bonds. The summed E-state index contributed by atoms with van der Waals surface area (Å²) in [6.07, 6.45) is 9.53. The second-order valence-corrected chi connectivity index (χ2v) is 25.1. The van der Waals surface area contributed by atoms with Crippen molar-refractivity contribution in [2.45, 2.75) is 134 Å². The molecule has 0 saturated heterocycles. The van der Waals surface area contributed by atoms with Crippen LogP contribution in [0.1, 0.15) is 127 Å². The van der Waals surface area contributed by atoms with E-state index in [1.807, 2.05) is 44.2 Å². The van der Waals surface area contributed by atoms with Gasteiger partial charge < -0.3 is 47.8 Å². The molecule has 0 saturated carbocycles. The van der Waals surface area contributed by atoms with Gasteiger partial charge in [0.15, 0.2) is 11.5 Å². The molecule has 418 valence electrons. The number of halogens is 2. The van der Waals surface area contributed by atoms with E-state index in [4.69, 9.17) is 0 Å². The summed E-state index contributed by atoms with van der Waals surface area (Å²) in [5, 5.41) is 8.72. The number of nitrogens with one attached hydrogen (secondary N) is 3. The van der Waals surface area contributed by atoms with Crippen molar-refractivity contribution in [1.29, 1.82) is 0 Å². The number of amides is 3. The molecule has 2 aliphatic rings. The lowest BCUT2D eigenvalue weighted by Gasteiger charge is -2.32. The van der Waals surface area contributed by atoms with Crippen LogP contribution in [0, 0.1) is 5.92 Å². The molecule has 6 N–H and O–H groups in total. The highest BCUT2D eigenvalue weighted by molar-refractivity contribution is 8.76. The van der Waals surface area contributed by atoms with Crippen molar-refractivity contribution in [3.05, 3.63) is 64.8 Å². The maximum atomic E-state index is 17.1. The lowest BCUT2D eigenvalue weighted by atomic mass is 9.88. The number of nitrogens with zero attached hydrogens (tertiary/aromatic N) is 4. The summed E-state index contributed by atoms with van der Waals surface area (Å²) in [5.41, 5.74) is 3.23. The fourth-order valence-electron chi connectivity index (χ4n) is 8.95. The molecule has 0 aromatic carbocycles. The SMILES string of the molecule is CCCC1=CC(CCC(=O)NC(CS(=O)(=O)O)C(=O)CCCCCC(=O)CC(COP(=O)(O)O)C(=O)NCCCCC(=O)NCCSSc2ccccn2)=[N+]2C1=Cc1c(CCC)cc(CCC[N+](C)(C)C)n1[B-]2(F)F. The van der Waals surface area contributed by atoms with E-state index in [0.717, 1.165) is 33.6 Å². The largest absolute Gasteiger partial charge is 0.737 e. The van der Waals surface area contributed by atoms with Crippen molar-refractivity contribution in [2.24, 2.45) is 5.92 Å². The first-order valence-electron chi connectivity index (χ1n) is 25.7. The summed E-state index contributed by atoms with van der Waals surface area (Å²) >= 11 is 0. The van der Waals surface area contributed by atoms with Gasteiger partial charge in [-0.2, -0.15) is 8.42 Å². The Hall–Kier alpha value is -4.07. The number of hydrogen-bond donors (Lipinski definition) is 6. The van der Waals surface area contributed by atoms with Gasteiger partial charge in [-0.1, -0.05) is 50.0 Å². The van der Waals surface area contributed by atoms with Crippen molar-refractivity contribution >= 4 is 87.6 Å². The third-order valence-electron chi connectivity index (χ3n) is 12.5. The number of rotatable bonds is 37. The Balaban J connectivity index is 1.27. The quantitative estimate of drug-likeness (QED) is 0.0106. The van der Waals surface area contributed by atoms with Crippen LogP contribution in [0.5, 0.6) is 0 Å². The number of aromatic nitrogens is 2. The van der Waals surface area contributed by atoms with Crippen LogP contribution in [0.2, 0.25) is 0 Å². The van der Waals surface area contributed by atoms with Gasteiger partial charge in [0.05, 0.1) is 40.2 Å². The Kier molecular flexibility index (Phi) is 25.5. The van der Waals surface area contributed by atoms with Crippen LogP contribution in [0.4, 0.5) is 8.63 Å². The van der Waals surface area contributed by atoms with Gasteiger partial charge in [-0.3, -0.25) is 33.0 Å². The zero-order chi connectivity index (χ0) is 55.4. The number of carbonyl (C=O) groups is 5. The smallest absolute Gasteiger partial charge is 0.394 e. The molecule has 2 aromatic heterocycles. The predicted octanol–water partition coefficient (Wildman–Crippen LogP) is 6.45. The Bertz CT molecular complexity index is 2560. The summed E-state index contributed by atoms with van der Waals surface area (Å²) in [5.74, 6) is -4.39. The summed E-state index contributed by atoms with van der Waals surface area (Å²) in [6.45, 7) is 0.237. The van der Waals surface area contributed by atoms with Gasteiger partial charge >= 0.3 is 14.8 Å². The van der Waals surface area contributed by atoms with E-state index in [9.17, 15) is 51.3 Å². The van der Waals surface area contributed by atoms with Gasteiger partial charge in [0, 0.05) is 93.4 Å². The highest BCUT2D eigenvalue weighted by atomic mass is 33.1. The Labute approximate surface area is 448 Å². The van der Waals surface area contributed by atoms with Crippen LogP contribution in [0.25, 0.3) is 6.08 Å². The molecule has 26 heteroatoms. The van der Waals surface area contributed by atoms with E-state index in [0.29, 0.717) is 78.8 Å². The Morgan fingerprint density at radius 1 is 0.893 bits per heavy atom. The number of phosphoric acid groups is 1. The highest BCUT2D eigenvalue weighted by Gasteiger charge is 2.54. The van der Waals surface area contributed by atoms with Crippen LogP contribution in [0.3, 0.4) is 0 Å². The monoisotopic (exact) mass is 1130 g/mol. The number of phosphoric ester groups is 1. The lowest BCUT2D eigenvalue weighted by Crippen LogP contribution is -2.51. The number of aryl methyl sites for hydroxylation is 2. The van der Waals surface area contributed by atoms with Gasteiger partial charge in [0.25, 0.3) is 10.1 Å². The fraction of sp³-hybridized carbons (Fsp3) is 0.612. The maximum absolute atomic E-state index is 17.1. The second kappa shape index (κ2) is 30.2. The summed E-state index contributed by atoms with van der Waals surface area (Å²) in [6, 6.07) is 5.86. The molecule has 0 fully saturated rings. The van der Waals surface area contributed by atoms with E-state index in [2.05, 4.69) is 46.6 Å². The summed E-state index contributed by atoms with van der Waals surface area (Å²) < 4.78 is 86.8. The normalized spacial score (nSPS) is 15.1. The molecule has 2 atom stereocenters. The van der Waals surface area contributed by atoms with Crippen LogP contribution < -0.4 is 16.0 Å². The molecule has 2 aromatic rings. The molecule has 4 heterocycles. The Morgan fingerprint density at radius 3 is 2.28 bits per heavy atom. The summed E-state index contributed by atoms with van der Waals surface area (Å²) in [7, 11) is -0.528. The third kappa shape index (κ3) is 22.1. The minimum absolute atomic E-state index is 0.0700. The van der Waals surface area contributed by atoms with Gasteiger partial charge in [0.1, 0.15) is 28.3 Å². The molecule has 0 bridgehead atoms. The number of unbranched alkanes of at least 4 members (excludes halogenated alkanes) is 3. The van der Waals surface area contributed by atoms with Crippen molar-refractivity contribution < 1.29 is 73.4 Å². The van der Waals surface area contributed by atoms with Crippen molar-refractivity contribution in [3.63, 3.8) is 0 Å². The van der Waals surface area contributed by atoms with E-state index >= 15 is 8.63 Å². The van der Waals surface area contributed by atoms with Crippen LogP contribution in [0.15, 0.2) is 52.8 Å². The molecule has 0 aliphatic carbocycles. The molecule has 0 radical (unpaired) electrons. The molecule has 19 nitrogen and oxygen atoms in total. The maximum Gasteiger partial charge on any atom is 0.737 e. The zero-order valence-corrected chi connectivity index (χ0v) is 47.1. The number of pyridine rings is 1. The molecule has 0 spiro atoms. The topological polar surface area (TPSA) is 263 Å². The number of Topliss-reactive ketones (excluding diaryl/α,β-unsaturated/α-hetero) is 2. The van der Waals surface area contributed by atoms with Crippen molar-refractivity contribution in [2.75, 3.05) is 58.9 Å². The first kappa shape index (κ1) is 63.5. The van der Waals surface area contributed by atoms with E-state index in [1.165, 1.54) is 15.3 Å². The average molecular weight is 1130 g/mol. The lowest BCUT2D eigenvalue weighted by molar-refractivity contribution is -0.870. The molecular weight excluding hydrogens is 1050 g/mol. The van der Waals surface area contributed by atoms with Crippen molar-refractivity contribution in [3.8, 4) is 0 Å². The number of hydrogen-bond acceptors (Lipinski definition) is 12. The first-order chi connectivity index (χ1) is 35.3. The zero-order valence-electron chi connectivity index (χ0n) is 43.8. The first-order valence-corrected chi connectivity index (χ1v) is 31.1. The molecule has 4 rings (SSSR count). The molecule has 75 heavy (non-hydrogen) atoms. The van der Waals surface area contributed by atoms with Gasteiger partial charge in [0.2, 0.25) is 17.7 Å². The minimum Gasteiger partial charge on any atom is -0.394 e. The van der Waals surface area contributed by atoms with Crippen LogP contribution in [-0.2, 0) is 56.0 Å². The third-order valence-corrected chi connectivity index (χ3v) is 16.0. The molecule has 2 aliphatic heterocycles. The van der Waals surface area contributed by atoms with Crippen LogP contribution >= 0.6 is 29.4 Å². The summed E-state index contributed by atoms with van der Waals surface area (Å²) in [4.78, 5) is 87.6. The van der Waals surface area contributed by atoms with E-state index < -0.39 is 79.0 Å². The van der Waals surface area contributed by atoms with Crippen LogP contribution in [-0.4, -0.2) is 148 Å². The van der Waals surface area contributed by atoms with Gasteiger partial charge in [-0.15, -0.1) is 0 Å². The second-order valence-electron chi connectivity index (χ2n) is 20.0. The van der Waals surface area contributed by atoms with Gasteiger partial charge in [-0.25, -0.2) is 9.55 Å². The van der Waals surface area contributed by atoms with E-state index in [1.54, 1.807) is 23.1 Å². The molecule has 2 unspecified atom stereocenters. The fourth-order valence-corrected chi connectivity index (χ4v) is 11.8. The standard InChI is InChI=1S/C49H75BF2N7O12PS3/c1-6-16-36-30-39(18-15-28-59(3,4)5)57-43(36)33-44-37(17-7-2)31-40(58(44)50(57,51)52)23-24-47(63)56-42(35-75(68,69)70)45(61)20-10-8-9-19-41(60)32-38(34-71-72(65,66)67)49(64)55-26-13-11-21-46(62)53-27-29-73-74-48-22-12-14-25-54-48/h12,14,22,25,30-31,33,38,42H,6-11,13,15-21,23-24,26-29,32,34-35H2,1-5H3,(H5-,53,55,56,62,63,64,65,66,67,68,69,70)/p+1. The number of allylic oxidation sites excluding steroid dienone is 2. The number of ketones is 2. The minimum atomic E-state index is -4.98. The molecular formula is C49H76BF2N7O12PS3+.